The first kappa shape index (κ1) is 14.8. The molecule has 0 aliphatic rings. The van der Waals surface area contributed by atoms with Crippen LogP contribution in [-0.2, 0) is 4.79 Å². The summed E-state index contributed by atoms with van der Waals surface area (Å²) >= 11 is 0. The molecular weight excluding hydrogens is 268 g/mol. The minimum atomic E-state index is -0.616. The quantitative estimate of drug-likeness (QED) is 0.350. The smallest absolute Gasteiger partial charge is 0.239 e. The monoisotopic (exact) mass is 284 g/mol. The molecule has 0 spiro atoms. The number of azide groups is 1. The highest BCUT2D eigenvalue weighted by Gasteiger charge is 2.19. The summed E-state index contributed by atoms with van der Waals surface area (Å²) in [6.07, 6.45) is 4.03. The zero-order chi connectivity index (χ0) is 15.1. The Morgan fingerprint density at radius 1 is 1.43 bits per heavy atom. The molecule has 0 saturated carbocycles. The van der Waals surface area contributed by atoms with E-state index in [-0.39, 0.29) is 0 Å². The van der Waals surface area contributed by atoms with Crippen LogP contribution < -0.4 is 11.1 Å². The van der Waals surface area contributed by atoms with Crippen LogP contribution in [0.15, 0.2) is 41.8 Å². The lowest BCUT2D eigenvalue weighted by atomic mass is 10.0. The molecule has 21 heavy (non-hydrogen) atoms. The summed E-state index contributed by atoms with van der Waals surface area (Å²) in [5, 5.41) is 8.44. The number of benzene rings is 1. The Bertz CT molecular complexity index is 675. The van der Waals surface area contributed by atoms with Crippen LogP contribution in [-0.4, -0.2) is 24.0 Å². The van der Waals surface area contributed by atoms with Crippen LogP contribution in [0.5, 0.6) is 0 Å². The maximum Gasteiger partial charge on any atom is 0.239 e. The second-order valence-electron chi connectivity index (χ2n) is 4.55. The average molecular weight is 284 g/mol. The number of nitrogens with one attached hydrogen (secondary N) is 1. The van der Waals surface area contributed by atoms with Gasteiger partial charge in [0.15, 0.2) is 0 Å². The Kier molecular flexibility index (Phi) is 5.09. The molecule has 1 amide bonds. The second-order valence-corrected chi connectivity index (χ2v) is 4.55. The van der Waals surface area contributed by atoms with Crippen molar-refractivity contribution in [3.05, 3.63) is 52.7 Å². The van der Waals surface area contributed by atoms with Crippen molar-refractivity contribution in [2.24, 2.45) is 10.8 Å². The third kappa shape index (κ3) is 3.68. The molecule has 1 unspecified atom stereocenters. The largest absolute Gasteiger partial charge is 0.368 e. The summed E-state index contributed by atoms with van der Waals surface area (Å²) in [5.41, 5.74) is 14.5. The van der Waals surface area contributed by atoms with E-state index in [1.807, 2.05) is 24.3 Å². The highest BCUT2D eigenvalue weighted by atomic mass is 16.1. The molecule has 0 radical (unpaired) electrons. The van der Waals surface area contributed by atoms with Gasteiger partial charge in [-0.05, 0) is 23.9 Å². The van der Waals surface area contributed by atoms with Crippen LogP contribution in [0.2, 0.25) is 0 Å². The van der Waals surface area contributed by atoms with Gasteiger partial charge in [-0.1, -0.05) is 29.4 Å². The van der Waals surface area contributed by atoms with Gasteiger partial charge in [-0.15, -0.1) is 0 Å². The normalized spacial score (nSPS) is 11.8. The van der Waals surface area contributed by atoms with E-state index >= 15 is 0 Å². The van der Waals surface area contributed by atoms with Gasteiger partial charge in [0.05, 0.1) is 0 Å². The summed E-state index contributed by atoms with van der Waals surface area (Å²) < 4.78 is 0. The number of rotatable bonds is 7. The van der Waals surface area contributed by atoms with Gasteiger partial charge in [0.2, 0.25) is 5.91 Å². The van der Waals surface area contributed by atoms with Crippen molar-refractivity contribution in [1.82, 2.24) is 10.3 Å². The Balaban J connectivity index is 2.20. The Morgan fingerprint density at radius 3 is 3.00 bits per heavy atom. The van der Waals surface area contributed by atoms with Crippen molar-refractivity contribution >= 4 is 16.7 Å². The van der Waals surface area contributed by atoms with Crippen LogP contribution >= 0.6 is 0 Å². The first-order valence-corrected chi connectivity index (χ1v) is 6.60. The van der Waals surface area contributed by atoms with Crippen molar-refractivity contribution < 1.29 is 4.79 Å². The van der Waals surface area contributed by atoms with Crippen LogP contribution in [0.1, 0.15) is 18.0 Å². The number of fused-ring (bicyclic) bond motifs is 1. The third-order valence-electron chi connectivity index (χ3n) is 3.14. The number of pyridine rings is 1. The minimum absolute atomic E-state index is 0.378. The Labute approximate surface area is 121 Å². The van der Waals surface area contributed by atoms with Gasteiger partial charge in [-0.2, -0.15) is 0 Å². The number of primary amides is 1. The van der Waals surface area contributed by atoms with Crippen molar-refractivity contribution in [3.63, 3.8) is 0 Å². The fraction of sp³-hybridized carbons (Fsp3) is 0.286. The van der Waals surface area contributed by atoms with Gasteiger partial charge in [0, 0.05) is 34.8 Å². The summed E-state index contributed by atoms with van der Waals surface area (Å²) in [6.45, 7) is 0.901. The van der Waals surface area contributed by atoms with E-state index in [1.54, 1.807) is 12.4 Å². The number of hydrogen-bond acceptors (Lipinski definition) is 4. The number of hydrogen-bond donors (Lipinski definition) is 2. The van der Waals surface area contributed by atoms with Crippen molar-refractivity contribution in [2.45, 2.75) is 12.5 Å². The van der Waals surface area contributed by atoms with Gasteiger partial charge in [-0.3, -0.25) is 9.78 Å². The predicted molar refractivity (Wildman–Crippen MR) is 80.3 cm³/mol. The Hall–Kier alpha value is -2.63. The molecule has 0 aliphatic heterocycles. The summed E-state index contributed by atoms with van der Waals surface area (Å²) in [6, 6.07) is 7.08. The maximum absolute atomic E-state index is 11.7. The summed E-state index contributed by atoms with van der Waals surface area (Å²) in [4.78, 5) is 18.6. The third-order valence-corrected chi connectivity index (χ3v) is 3.14. The maximum atomic E-state index is 11.7. The van der Waals surface area contributed by atoms with Gasteiger partial charge >= 0.3 is 0 Å². The molecule has 0 bridgehead atoms. The van der Waals surface area contributed by atoms with E-state index in [1.165, 1.54) is 0 Å². The van der Waals surface area contributed by atoms with Gasteiger partial charge < -0.3 is 11.1 Å². The van der Waals surface area contributed by atoms with Crippen molar-refractivity contribution in [1.29, 1.82) is 0 Å². The molecule has 0 fully saturated rings. The van der Waals surface area contributed by atoms with E-state index in [0.29, 0.717) is 19.5 Å². The number of carbonyl (C=O) groups is 1. The van der Waals surface area contributed by atoms with E-state index in [0.717, 1.165) is 16.3 Å². The first-order chi connectivity index (χ1) is 10.2. The van der Waals surface area contributed by atoms with Crippen LogP contribution in [0.25, 0.3) is 21.2 Å². The van der Waals surface area contributed by atoms with Gasteiger partial charge in [0.25, 0.3) is 0 Å². The van der Waals surface area contributed by atoms with Gasteiger partial charge in [0.1, 0.15) is 6.04 Å². The molecule has 1 aromatic carbocycles. The molecule has 1 atom stereocenters. The lowest BCUT2D eigenvalue weighted by molar-refractivity contribution is -0.120. The van der Waals surface area contributed by atoms with E-state index in [9.17, 15) is 4.79 Å². The minimum Gasteiger partial charge on any atom is -0.368 e. The molecule has 2 aromatic rings. The SMILES string of the molecule is [N-]=[N+]=NCCCNC(C(N)=O)c1cncc2ccccc12. The lowest BCUT2D eigenvalue weighted by Crippen LogP contribution is -2.34. The molecule has 3 N–H and O–H groups in total. The molecule has 7 nitrogen and oxygen atoms in total. The van der Waals surface area contributed by atoms with E-state index in [2.05, 4.69) is 20.3 Å². The molecule has 2 rings (SSSR count). The fourth-order valence-corrected chi connectivity index (χ4v) is 2.17. The summed E-state index contributed by atoms with van der Waals surface area (Å²) in [7, 11) is 0. The molecule has 1 heterocycles. The van der Waals surface area contributed by atoms with Crippen molar-refractivity contribution in [2.75, 3.05) is 13.1 Å². The predicted octanol–water partition coefficient (Wildman–Crippen LogP) is 2.05. The van der Waals surface area contributed by atoms with Crippen LogP contribution in [0.3, 0.4) is 0 Å². The molecule has 108 valence electrons. The van der Waals surface area contributed by atoms with Crippen LogP contribution in [0, 0.1) is 0 Å². The number of aromatic nitrogens is 1. The van der Waals surface area contributed by atoms with E-state index < -0.39 is 11.9 Å². The van der Waals surface area contributed by atoms with Gasteiger partial charge in [-0.25, -0.2) is 0 Å². The van der Waals surface area contributed by atoms with Crippen molar-refractivity contribution in [3.8, 4) is 0 Å². The number of carbonyl (C=O) groups excluding carboxylic acids is 1. The molecular formula is C14H16N6O. The first-order valence-electron chi connectivity index (χ1n) is 6.60. The average Bonchev–Trinajstić information content (AvgIpc) is 2.50. The fourth-order valence-electron chi connectivity index (χ4n) is 2.17. The summed E-state index contributed by atoms with van der Waals surface area (Å²) in [5.74, 6) is -0.461. The molecule has 1 aromatic heterocycles. The molecule has 7 heteroatoms. The number of nitrogens with two attached hydrogens (primary N) is 1. The van der Waals surface area contributed by atoms with E-state index in [4.69, 9.17) is 11.3 Å². The number of amides is 1. The topological polar surface area (TPSA) is 117 Å². The molecule has 0 saturated heterocycles. The zero-order valence-electron chi connectivity index (χ0n) is 11.4. The molecule has 0 aliphatic carbocycles. The Morgan fingerprint density at radius 2 is 2.24 bits per heavy atom. The lowest BCUT2D eigenvalue weighted by Gasteiger charge is -2.17. The second kappa shape index (κ2) is 7.23. The standard InChI is InChI=1S/C14H16N6O/c15-14(21)13(18-6-3-7-19-20-16)12-9-17-8-10-4-1-2-5-11(10)12/h1-2,4-5,8-9,13,18H,3,6-7H2,(H2,15,21). The highest BCUT2D eigenvalue weighted by molar-refractivity contribution is 5.91. The number of nitrogens with zero attached hydrogens (tertiary/aromatic N) is 4. The zero-order valence-corrected chi connectivity index (χ0v) is 11.4. The highest BCUT2D eigenvalue weighted by Crippen LogP contribution is 2.22. The van der Waals surface area contributed by atoms with Crippen LogP contribution in [0.4, 0.5) is 0 Å².